The Morgan fingerprint density at radius 1 is 0.747 bits per heavy atom. The first-order chi connectivity index (χ1) is 40.1. The summed E-state index contributed by atoms with van der Waals surface area (Å²) >= 11 is 1.08. The number of phenols is 1. The van der Waals surface area contributed by atoms with E-state index in [1.807, 2.05) is 42.5 Å². The summed E-state index contributed by atoms with van der Waals surface area (Å²) in [6, 6.07) is 32.4. The van der Waals surface area contributed by atoms with Gasteiger partial charge >= 0.3 is 12.0 Å². The lowest BCUT2D eigenvalue weighted by molar-refractivity contribution is -0.139. The topological polar surface area (TPSA) is 318 Å². The Labute approximate surface area is 482 Å². The number of carbonyl (C=O) groups is 7. The first kappa shape index (κ1) is 60.5. The molecule has 3 aliphatic rings. The van der Waals surface area contributed by atoms with E-state index < -0.39 is 42.2 Å². The maximum Gasteiger partial charge on any atom is 0.344 e. The number of thioether (sulfide) groups is 1. The van der Waals surface area contributed by atoms with Gasteiger partial charge in [0.15, 0.2) is 11.5 Å². The monoisotopic (exact) mass is 1150 g/mol. The van der Waals surface area contributed by atoms with Gasteiger partial charge in [-0.15, -0.1) is 0 Å². The van der Waals surface area contributed by atoms with E-state index >= 15 is 0 Å². The molecule has 25 heteroatoms. The lowest BCUT2D eigenvalue weighted by Crippen LogP contribution is -2.46. The molecule has 0 fully saturated rings. The number of phenolic OH excluding ortho intramolecular Hbond substituents is 1. The predicted molar refractivity (Wildman–Crippen MR) is 320 cm³/mol. The van der Waals surface area contributed by atoms with Crippen molar-refractivity contribution in [1.29, 1.82) is 0 Å². The number of nitrogens with one attached hydrogen (secondary N) is 8. The highest BCUT2D eigenvalue weighted by Crippen LogP contribution is 2.41. The molecule has 5 aromatic rings. The van der Waals surface area contributed by atoms with Gasteiger partial charge in [-0.3, -0.25) is 34.0 Å². The number of hydrogen-bond donors (Lipinski definition) is 10. The summed E-state index contributed by atoms with van der Waals surface area (Å²) in [4.78, 5) is 103. The van der Waals surface area contributed by atoms with Crippen LogP contribution in [0.2, 0.25) is 0 Å². The molecule has 0 atom stereocenters. The molecular weight excluding hydrogens is 1090 g/mol. The van der Waals surface area contributed by atoms with Crippen molar-refractivity contribution < 1.29 is 53.2 Å². The molecule has 3 aliphatic heterocycles. The fourth-order valence-electron chi connectivity index (χ4n) is 7.98. The normalized spacial score (nSPS) is 14.1. The molecule has 0 aliphatic carbocycles. The van der Waals surface area contributed by atoms with E-state index in [2.05, 4.69) is 57.5 Å². The summed E-state index contributed by atoms with van der Waals surface area (Å²) < 4.78 is 10.8. The number of aromatic hydroxyl groups is 1. The van der Waals surface area contributed by atoms with Crippen molar-refractivity contribution in [2.75, 3.05) is 108 Å². The van der Waals surface area contributed by atoms with Crippen LogP contribution in [0.4, 0.5) is 33.2 Å². The maximum atomic E-state index is 13.1. The highest BCUT2D eigenvalue weighted by Gasteiger charge is 2.33. The summed E-state index contributed by atoms with van der Waals surface area (Å²) in [5.41, 5.74) is 5.32. The third-order valence-corrected chi connectivity index (χ3v) is 13.2. The Morgan fingerprint density at radius 3 is 2.00 bits per heavy atom. The average Bonchev–Trinajstić information content (AvgIpc) is 4.41. The van der Waals surface area contributed by atoms with Crippen LogP contribution in [0, 0.1) is 0 Å². The fraction of sp³-hybridized carbons (Fsp3) is 0.241. The number of nitrogens with zero attached hydrogens (tertiary/aromatic N) is 5. The Hall–Kier alpha value is -10.2. The van der Waals surface area contributed by atoms with Gasteiger partial charge in [0, 0.05) is 73.7 Å². The molecule has 7 amide bonds. The number of likely N-dealkylation sites (N-methyl/N-ethyl adjacent to an activating group) is 2. The molecule has 8 rings (SSSR count). The van der Waals surface area contributed by atoms with E-state index in [0.29, 0.717) is 46.2 Å². The number of amides is 7. The number of urea groups is 1. The second kappa shape index (κ2) is 29.9. The zero-order valence-corrected chi connectivity index (χ0v) is 46.7. The van der Waals surface area contributed by atoms with Crippen molar-refractivity contribution in [3.63, 3.8) is 0 Å². The molecule has 83 heavy (non-hydrogen) atoms. The van der Waals surface area contributed by atoms with Crippen molar-refractivity contribution in [2.45, 2.75) is 6.92 Å². The van der Waals surface area contributed by atoms with Crippen molar-refractivity contribution in [3.05, 3.63) is 154 Å². The fourth-order valence-corrected chi connectivity index (χ4v) is 9.01. The number of aliphatic imine (C=N–C) groups is 3. The third-order valence-electron chi connectivity index (χ3n) is 12.2. The Morgan fingerprint density at radius 2 is 1.39 bits per heavy atom. The smallest absolute Gasteiger partial charge is 0.344 e. The van der Waals surface area contributed by atoms with Gasteiger partial charge in [0.25, 0.3) is 5.91 Å². The van der Waals surface area contributed by atoms with E-state index in [9.17, 15) is 43.8 Å². The van der Waals surface area contributed by atoms with E-state index in [1.165, 1.54) is 32.3 Å². The summed E-state index contributed by atoms with van der Waals surface area (Å²) in [5.74, 6) is -1.58. The van der Waals surface area contributed by atoms with Gasteiger partial charge in [-0.2, -0.15) is 0 Å². The predicted octanol–water partition coefficient (Wildman–Crippen LogP) is 5.07. The Bertz CT molecular complexity index is 3350. The summed E-state index contributed by atoms with van der Waals surface area (Å²) in [7, 11) is 4.45. The molecule has 0 aromatic heterocycles. The van der Waals surface area contributed by atoms with Crippen LogP contribution in [0.15, 0.2) is 146 Å². The molecule has 0 unspecified atom stereocenters. The molecule has 5 aromatic carbocycles. The third kappa shape index (κ3) is 17.7. The van der Waals surface area contributed by atoms with Gasteiger partial charge in [0.1, 0.15) is 34.7 Å². The number of benzene rings is 5. The molecule has 0 bridgehead atoms. The number of aliphatic hydroxyl groups excluding tert-OH is 1. The average molecular weight is 1150 g/mol. The number of para-hydroxylation sites is 1. The van der Waals surface area contributed by atoms with Gasteiger partial charge in [0.2, 0.25) is 24.1 Å². The summed E-state index contributed by atoms with van der Waals surface area (Å²) in [6.45, 7) is 3.88. The lowest BCUT2D eigenvalue weighted by Gasteiger charge is -2.22. The number of aliphatic hydroxyl groups is 1. The number of anilines is 4. The molecule has 3 heterocycles. The zero-order chi connectivity index (χ0) is 59.3. The van der Waals surface area contributed by atoms with E-state index in [4.69, 9.17) is 9.47 Å². The van der Waals surface area contributed by atoms with E-state index in [1.54, 1.807) is 74.6 Å². The quantitative estimate of drug-likeness (QED) is 0.0246. The first-order valence-electron chi connectivity index (χ1n) is 26.1. The number of amidine groups is 2. The van der Waals surface area contributed by atoms with Gasteiger partial charge in [-0.05, 0) is 110 Å². The number of ether oxygens (including phenoxy) is 2. The van der Waals surface area contributed by atoms with Crippen molar-refractivity contribution >= 4 is 105 Å². The van der Waals surface area contributed by atoms with Crippen LogP contribution < -0.4 is 47.3 Å². The van der Waals surface area contributed by atoms with E-state index in [-0.39, 0.29) is 66.3 Å². The largest absolute Gasteiger partial charge is 0.506 e. The van der Waals surface area contributed by atoms with Crippen LogP contribution in [0.3, 0.4) is 0 Å². The minimum Gasteiger partial charge on any atom is -0.506 e. The molecule has 0 radical (unpaired) electrons. The summed E-state index contributed by atoms with van der Waals surface area (Å²) in [5, 5.41) is 44.5. The standard InChI is InChI=1S/C48H52N10O10S.C10H11N3O/c1-5-67-47(65)42-43(63)38(69-46(42)54-32-9-7-6-8-10-32)22-29-11-16-37(36(59)21-29)68-20-19-50-39(60)27-57(3)41(62)28-58(4)40(61)26-53-45(64)31-23-34(49-2)25-35(24-31)56-48(66)55-33-14-12-30(13-15-33)44-51-17-18-52-44;14-7-13-9-3-1-8(2-4-9)10-11-5-6-12-10/h6-16,21-25,49,59,63H,5,17-20,26-28H2,1-4H3,(H,50,60)(H,51,52)(H,53,64)(H2,55,56,66);1-4,7H,5-6H2,(H,11,12)(H,13,14)/b38-22-,54-46?;. The minimum absolute atomic E-state index is 0.0288. The van der Waals surface area contributed by atoms with Crippen molar-refractivity contribution in [2.24, 2.45) is 15.0 Å². The van der Waals surface area contributed by atoms with Crippen LogP contribution in [-0.2, 0) is 28.7 Å². The van der Waals surface area contributed by atoms with Crippen LogP contribution in [0.1, 0.15) is 34.0 Å². The number of hydrogen-bond acceptors (Lipinski definition) is 18. The minimum atomic E-state index is -0.716. The molecular formula is C58H63N13O11S. The molecule has 0 spiro atoms. The van der Waals surface area contributed by atoms with Gasteiger partial charge < -0.3 is 72.0 Å². The molecule has 24 nitrogen and oxygen atoms in total. The highest BCUT2D eigenvalue weighted by molar-refractivity contribution is 8.18. The molecule has 0 saturated carbocycles. The van der Waals surface area contributed by atoms with E-state index in [0.717, 1.165) is 69.7 Å². The van der Waals surface area contributed by atoms with Crippen LogP contribution in [-0.4, -0.2) is 165 Å². The van der Waals surface area contributed by atoms with Crippen LogP contribution >= 0.6 is 11.8 Å². The summed E-state index contributed by atoms with van der Waals surface area (Å²) in [6.07, 6.45) is 2.25. The van der Waals surface area contributed by atoms with Crippen LogP contribution in [0.5, 0.6) is 11.5 Å². The van der Waals surface area contributed by atoms with Crippen molar-refractivity contribution in [1.82, 2.24) is 31.1 Å². The highest BCUT2D eigenvalue weighted by atomic mass is 32.2. The second-order valence-corrected chi connectivity index (χ2v) is 19.3. The number of esters is 1. The SMILES string of the molecule is CCOC(=O)C1=C(O)/C(=C/c2ccc(OCCNC(=O)CN(C)C(=O)CN(C)C(=O)CNC(=O)c3cc(NC)cc(NC(=O)Nc4ccc(C5=NCCN5)cc4)c3)c(O)c2)SC1=Nc1ccccc1.O=CNc1ccc(C2=NCCN2)cc1. The number of rotatable bonds is 22. The van der Waals surface area contributed by atoms with Gasteiger partial charge in [-0.25, -0.2) is 14.6 Å². The Kier molecular flexibility index (Phi) is 21.8. The van der Waals surface area contributed by atoms with Gasteiger partial charge in [0.05, 0.1) is 56.5 Å². The Balaban J connectivity index is 0.000000612. The molecule has 10 N–H and O–H groups in total. The maximum absolute atomic E-state index is 13.1. The molecule has 432 valence electrons. The van der Waals surface area contributed by atoms with Crippen LogP contribution in [0.25, 0.3) is 6.08 Å². The second-order valence-electron chi connectivity index (χ2n) is 18.3. The molecule has 0 saturated heterocycles. The lowest BCUT2D eigenvalue weighted by atomic mass is 10.1. The number of carbonyl (C=O) groups excluding carboxylic acids is 7. The van der Waals surface area contributed by atoms with Crippen molar-refractivity contribution in [3.8, 4) is 11.5 Å². The first-order valence-corrected chi connectivity index (χ1v) is 26.9. The van der Waals surface area contributed by atoms with Gasteiger partial charge in [-0.1, -0.05) is 36.0 Å². The zero-order valence-electron chi connectivity index (χ0n) is 45.9.